The van der Waals surface area contributed by atoms with E-state index in [1.165, 1.54) is 11.4 Å². The Morgan fingerprint density at radius 1 is 1.30 bits per heavy atom. The zero-order valence-electron chi connectivity index (χ0n) is 12.8. The fraction of sp³-hybridized carbons (Fsp3) is 0.600. The van der Waals surface area contributed by atoms with Gasteiger partial charge in [-0.05, 0) is 37.5 Å². The van der Waals surface area contributed by atoms with Gasteiger partial charge in [-0.3, -0.25) is 0 Å². The number of methoxy groups -OCH3 is 1. The summed E-state index contributed by atoms with van der Waals surface area (Å²) in [5.74, 6) is -2.25. The van der Waals surface area contributed by atoms with Gasteiger partial charge in [-0.15, -0.1) is 0 Å². The summed E-state index contributed by atoms with van der Waals surface area (Å²) in [6.45, 7) is 1.05. The predicted octanol–water partition coefficient (Wildman–Crippen LogP) is 1.92. The molecule has 2 aliphatic rings. The van der Waals surface area contributed by atoms with Crippen molar-refractivity contribution >= 4 is 10.0 Å². The first-order chi connectivity index (χ1) is 10.9. The van der Waals surface area contributed by atoms with Gasteiger partial charge in [0.05, 0.1) is 16.6 Å². The highest BCUT2D eigenvalue weighted by Gasteiger charge is 2.49. The number of hydrogen-bond donors (Lipinski definition) is 0. The first-order valence-electron chi connectivity index (χ1n) is 7.51. The largest absolute Gasteiger partial charge is 0.377 e. The molecule has 3 rings (SSSR count). The molecule has 5 nitrogen and oxygen atoms in total. The van der Waals surface area contributed by atoms with E-state index in [1.807, 2.05) is 0 Å². The van der Waals surface area contributed by atoms with Gasteiger partial charge in [-0.25, -0.2) is 17.2 Å². The average Bonchev–Trinajstić information content (AvgIpc) is 2.99. The lowest BCUT2D eigenvalue weighted by Crippen LogP contribution is -2.57. The fourth-order valence-electron chi connectivity index (χ4n) is 3.38. The first kappa shape index (κ1) is 16.8. The van der Waals surface area contributed by atoms with Crippen LogP contribution < -0.4 is 0 Å². The number of halogens is 2. The molecule has 1 spiro atoms. The minimum atomic E-state index is -3.90. The minimum Gasteiger partial charge on any atom is -0.377 e. The third-order valence-corrected chi connectivity index (χ3v) is 6.55. The summed E-state index contributed by atoms with van der Waals surface area (Å²) in [4.78, 5) is -0.255. The molecule has 1 aromatic carbocycles. The lowest BCUT2D eigenvalue weighted by molar-refractivity contribution is -0.131. The number of nitrogens with zero attached hydrogens (tertiary/aromatic N) is 1. The molecule has 128 valence electrons. The lowest BCUT2D eigenvalue weighted by atomic mass is 9.87. The van der Waals surface area contributed by atoms with Crippen LogP contribution in [0.1, 0.15) is 19.3 Å². The molecule has 0 amide bonds. The molecule has 23 heavy (non-hydrogen) atoms. The zero-order chi connectivity index (χ0) is 16.7. The second-order valence-electron chi connectivity index (χ2n) is 5.93. The van der Waals surface area contributed by atoms with Crippen molar-refractivity contribution in [1.29, 1.82) is 0 Å². The van der Waals surface area contributed by atoms with Crippen LogP contribution in [0.4, 0.5) is 8.78 Å². The Morgan fingerprint density at radius 2 is 2.09 bits per heavy atom. The third kappa shape index (κ3) is 2.88. The average molecular weight is 347 g/mol. The van der Waals surface area contributed by atoms with E-state index in [4.69, 9.17) is 9.47 Å². The molecule has 2 saturated heterocycles. The van der Waals surface area contributed by atoms with Gasteiger partial charge in [0.25, 0.3) is 0 Å². The van der Waals surface area contributed by atoms with Gasteiger partial charge in [0, 0.05) is 26.8 Å². The molecule has 0 N–H and O–H groups in total. The minimum absolute atomic E-state index is 0.137. The van der Waals surface area contributed by atoms with E-state index in [2.05, 4.69) is 0 Å². The molecule has 0 bridgehead atoms. The van der Waals surface area contributed by atoms with E-state index >= 15 is 0 Å². The lowest BCUT2D eigenvalue weighted by Gasteiger charge is -2.43. The Balaban J connectivity index is 1.85. The van der Waals surface area contributed by atoms with Crippen LogP contribution in [0.15, 0.2) is 23.1 Å². The van der Waals surface area contributed by atoms with Gasteiger partial charge in [-0.1, -0.05) is 0 Å². The fourth-order valence-corrected chi connectivity index (χ4v) is 4.84. The highest BCUT2D eigenvalue weighted by atomic mass is 32.2. The smallest absolute Gasteiger partial charge is 0.243 e. The van der Waals surface area contributed by atoms with Crippen molar-refractivity contribution < 1.29 is 26.7 Å². The number of piperidine rings is 1. The molecular formula is C15H19F2NO4S. The second kappa shape index (κ2) is 6.08. The monoisotopic (exact) mass is 347 g/mol. The van der Waals surface area contributed by atoms with Crippen LogP contribution in [0.25, 0.3) is 0 Å². The summed E-state index contributed by atoms with van der Waals surface area (Å²) in [7, 11) is -2.37. The summed E-state index contributed by atoms with van der Waals surface area (Å²) in [5.41, 5.74) is -0.436. The SMILES string of the molecule is CO[C@H]1CN(S(=O)(=O)c2ccc(F)c(F)c2)CC[C@@]12CCCO2. The van der Waals surface area contributed by atoms with Crippen LogP contribution in [0, 0.1) is 11.6 Å². The van der Waals surface area contributed by atoms with Gasteiger partial charge in [0.2, 0.25) is 10.0 Å². The molecule has 2 heterocycles. The Bertz CT molecular complexity index is 689. The number of sulfonamides is 1. The maximum atomic E-state index is 13.4. The maximum absolute atomic E-state index is 13.4. The first-order valence-corrected chi connectivity index (χ1v) is 8.95. The number of rotatable bonds is 3. The van der Waals surface area contributed by atoms with E-state index < -0.39 is 27.3 Å². The molecule has 8 heteroatoms. The van der Waals surface area contributed by atoms with Crippen LogP contribution in [-0.4, -0.2) is 51.2 Å². The number of benzene rings is 1. The highest BCUT2D eigenvalue weighted by molar-refractivity contribution is 7.89. The summed E-state index contributed by atoms with van der Waals surface area (Å²) < 4.78 is 64.2. The Kier molecular flexibility index (Phi) is 4.43. The standard InChI is InChI=1S/C15H19F2NO4S/c1-21-14-10-18(7-6-15(14)5-2-8-22-15)23(19,20)11-3-4-12(16)13(17)9-11/h3-4,9,14H,2,5-8,10H2,1H3/t14-,15-/m0/s1. The van der Waals surface area contributed by atoms with Crippen molar-refractivity contribution in [3.05, 3.63) is 29.8 Å². The van der Waals surface area contributed by atoms with E-state index in [0.717, 1.165) is 25.0 Å². The normalized spacial score (nSPS) is 29.3. The molecule has 2 aliphatic heterocycles. The van der Waals surface area contributed by atoms with Crippen LogP contribution >= 0.6 is 0 Å². The Morgan fingerprint density at radius 3 is 2.70 bits per heavy atom. The number of hydrogen-bond acceptors (Lipinski definition) is 4. The molecule has 0 aromatic heterocycles. The predicted molar refractivity (Wildman–Crippen MR) is 78.4 cm³/mol. The molecule has 0 unspecified atom stereocenters. The van der Waals surface area contributed by atoms with Crippen molar-refractivity contribution in [2.75, 3.05) is 26.8 Å². The van der Waals surface area contributed by atoms with Gasteiger partial charge in [0.15, 0.2) is 11.6 Å². The summed E-state index contributed by atoms with van der Waals surface area (Å²) in [6, 6.07) is 2.61. The van der Waals surface area contributed by atoms with Crippen molar-refractivity contribution in [1.82, 2.24) is 4.31 Å². The Hall–Kier alpha value is -1.09. The molecular weight excluding hydrogens is 328 g/mol. The molecule has 2 fully saturated rings. The summed E-state index contributed by atoms with van der Waals surface area (Å²) in [6.07, 6.45) is 1.91. The zero-order valence-corrected chi connectivity index (χ0v) is 13.6. The van der Waals surface area contributed by atoms with E-state index in [0.29, 0.717) is 19.1 Å². The van der Waals surface area contributed by atoms with Crippen LogP contribution in [-0.2, 0) is 19.5 Å². The van der Waals surface area contributed by atoms with E-state index in [9.17, 15) is 17.2 Å². The molecule has 1 aromatic rings. The molecule has 0 radical (unpaired) electrons. The van der Waals surface area contributed by atoms with Crippen molar-refractivity contribution in [3.63, 3.8) is 0 Å². The van der Waals surface area contributed by atoms with Gasteiger partial charge >= 0.3 is 0 Å². The maximum Gasteiger partial charge on any atom is 0.243 e. The summed E-state index contributed by atoms with van der Waals surface area (Å²) in [5, 5.41) is 0. The quantitative estimate of drug-likeness (QED) is 0.838. The van der Waals surface area contributed by atoms with Gasteiger partial charge in [0.1, 0.15) is 0 Å². The van der Waals surface area contributed by atoms with Crippen LogP contribution in [0.2, 0.25) is 0 Å². The van der Waals surface area contributed by atoms with Crippen molar-refractivity contribution in [3.8, 4) is 0 Å². The molecule has 0 aliphatic carbocycles. The highest BCUT2D eigenvalue weighted by Crippen LogP contribution is 2.38. The molecule has 0 saturated carbocycles. The van der Waals surface area contributed by atoms with E-state index in [1.54, 1.807) is 0 Å². The summed E-state index contributed by atoms with van der Waals surface area (Å²) >= 11 is 0. The third-order valence-electron chi connectivity index (χ3n) is 4.69. The molecule has 2 atom stereocenters. The van der Waals surface area contributed by atoms with Gasteiger partial charge in [-0.2, -0.15) is 4.31 Å². The van der Waals surface area contributed by atoms with Crippen molar-refractivity contribution in [2.24, 2.45) is 0 Å². The van der Waals surface area contributed by atoms with Gasteiger partial charge < -0.3 is 9.47 Å². The number of ether oxygens (including phenoxy) is 2. The van der Waals surface area contributed by atoms with Crippen LogP contribution in [0.3, 0.4) is 0 Å². The Labute approximate surface area is 134 Å². The van der Waals surface area contributed by atoms with Crippen LogP contribution in [0.5, 0.6) is 0 Å². The van der Waals surface area contributed by atoms with E-state index in [-0.39, 0.29) is 24.1 Å². The topological polar surface area (TPSA) is 55.8 Å². The van der Waals surface area contributed by atoms with Crippen molar-refractivity contribution in [2.45, 2.75) is 35.9 Å². The second-order valence-corrected chi connectivity index (χ2v) is 7.87.